The van der Waals surface area contributed by atoms with Crippen molar-refractivity contribution in [3.63, 3.8) is 0 Å². The summed E-state index contributed by atoms with van der Waals surface area (Å²) in [5.74, 6) is -0.492. The van der Waals surface area contributed by atoms with Crippen molar-refractivity contribution < 1.29 is 14.6 Å². The molecule has 1 heterocycles. The Morgan fingerprint density at radius 1 is 1.44 bits per heavy atom. The van der Waals surface area contributed by atoms with Crippen LogP contribution in [0.25, 0.3) is 10.9 Å². The van der Waals surface area contributed by atoms with Gasteiger partial charge in [-0.2, -0.15) is 0 Å². The maximum atomic E-state index is 10.4. The van der Waals surface area contributed by atoms with Gasteiger partial charge in [-0.05, 0) is 24.6 Å². The van der Waals surface area contributed by atoms with Crippen LogP contribution < -0.4 is 4.74 Å². The third-order valence-electron chi connectivity index (χ3n) is 2.30. The van der Waals surface area contributed by atoms with Crippen LogP contribution in [0.3, 0.4) is 0 Å². The fourth-order valence-corrected chi connectivity index (χ4v) is 1.54. The van der Waals surface area contributed by atoms with Crippen LogP contribution in [-0.2, 0) is 4.79 Å². The number of rotatable bonds is 3. The number of nitrogens with zero attached hydrogens (tertiary/aromatic N) is 1. The molecule has 0 aliphatic rings. The first-order valence-corrected chi connectivity index (χ1v) is 4.87. The minimum absolute atomic E-state index is 0.352. The number of benzene rings is 1. The monoisotopic (exact) mass is 217 g/mol. The third-order valence-corrected chi connectivity index (χ3v) is 2.30. The molecule has 82 valence electrons. The number of aryl methyl sites for hydroxylation is 1. The van der Waals surface area contributed by atoms with Crippen LogP contribution in [0.1, 0.15) is 5.56 Å². The maximum absolute atomic E-state index is 10.4. The number of hydrogen-bond acceptors (Lipinski definition) is 3. The zero-order chi connectivity index (χ0) is 11.5. The second kappa shape index (κ2) is 4.18. The van der Waals surface area contributed by atoms with Crippen molar-refractivity contribution in [3.05, 3.63) is 36.0 Å². The van der Waals surface area contributed by atoms with Crippen LogP contribution in [-0.4, -0.2) is 22.7 Å². The molecule has 0 saturated carbocycles. The largest absolute Gasteiger partial charge is 0.480 e. The van der Waals surface area contributed by atoms with Gasteiger partial charge in [-0.15, -0.1) is 0 Å². The number of para-hydroxylation sites is 1. The molecule has 0 saturated heterocycles. The fraction of sp³-hybridized carbons (Fsp3) is 0.167. The normalized spacial score (nSPS) is 10.3. The Hall–Kier alpha value is -2.10. The molecule has 1 aromatic carbocycles. The summed E-state index contributed by atoms with van der Waals surface area (Å²) in [6.07, 6.45) is 1.69. The highest BCUT2D eigenvalue weighted by molar-refractivity contribution is 5.87. The van der Waals surface area contributed by atoms with E-state index in [4.69, 9.17) is 9.84 Å². The standard InChI is InChI=1S/C12H11NO3/c1-8-5-6-13-12-9(8)3-2-4-10(12)16-7-11(14)15/h2-6H,7H2,1H3,(H,14,15). The molecule has 0 atom stereocenters. The summed E-state index contributed by atoms with van der Waals surface area (Å²) in [4.78, 5) is 14.6. The molecule has 0 fully saturated rings. The van der Waals surface area contributed by atoms with Gasteiger partial charge in [0.25, 0.3) is 0 Å². The Morgan fingerprint density at radius 2 is 2.25 bits per heavy atom. The fourth-order valence-electron chi connectivity index (χ4n) is 1.54. The summed E-state index contributed by atoms with van der Waals surface area (Å²) >= 11 is 0. The molecule has 0 unspecified atom stereocenters. The van der Waals surface area contributed by atoms with Crippen LogP contribution in [0.2, 0.25) is 0 Å². The predicted octanol–water partition coefficient (Wildman–Crippen LogP) is 2.01. The molecule has 2 aromatic rings. The van der Waals surface area contributed by atoms with Gasteiger partial charge in [0, 0.05) is 11.6 Å². The van der Waals surface area contributed by atoms with Crippen molar-refractivity contribution in [1.29, 1.82) is 0 Å². The number of ether oxygens (including phenoxy) is 1. The van der Waals surface area contributed by atoms with Gasteiger partial charge in [-0.3, -0.25) is 4.98 Å². The number of aliphatic carboxylic acids is 1. The average molecular weight is 217 g/mol. The number of carbonyl (C=O) groups is 1. The van der Waals surface area contributed by atoms with Crippen molar-refractivity contribution >= 4 is 16.9 Å². The number of carboxylic acid groups (broad SMARTS) is 1. The Kier molecular flexibility index (Phi) is 2.72. The van der Waals surface area contributed by atoms with Gasteiger partial charge in [0.15, 0.2) is 6.61 Å². The summed E-state index contributed by atoms with van der Waals surface area (Å²) in [6.45, 7) is 1.62. The highest BCUT2D eigenvalue weighted by Crippen LogP contribution is 2.25. The summed E-state index contributed by atoms with van der Waals surface area (Å²) < 4.78 is 5.17. The summed E-state index contributed by atoms with van der Waals surface area (Å²) in [7, 11) is 0. The van der Waals surface area contributed by atoms with Crippen molar-refractivity contribution in [2.24, 2.45) is 0 Å². The van der Waals surface area contributed by atoms with E-state index < -0.39 is 5.97 Å². The lowest BCUT2D eigenvalue weighted by molar-refractivity contribution is -0.139. The molecule has 4 heteroatoms. The van der Waals surface area contributed by atoms with E-state index in [1.54, 1.807) is 12.3 Å². The van der Waals surface area contributed by atoms with E-state index >= 15 is 0 Å². The molecule has 16 heavy (non-hydrogen) atoms. The van der Waals surface area contributed by atoms with Crippen LogP contribution >= 0.6 is 0 Å². The van der Waals surface area contributed by atoms with Gasteiger partial charge in [0.1, 0.15) is 11.3 Å². The van der Waals surface area contributed by atoms with E-state index in [9.17, 15) is 4.79 Å². The Labute approximate surface area is 92.5 Å². The van der Waals surface area contributed by atoms with E-state index in [0.29, 0.717) is 11.3 Å². The van der Waals surface area contributed by atoms with Gasteiger partial charge in [0.05, 0.1) is 0 Å². The maximum Gasteiger partial charge on any atom is 0.341 e. The van der Waals surface area contributed by atoms with Crippen LogP contribution in [0.4, 0.5) is 0 Å². The number of fused-ring (bicyclic) bond motifs is 1. The van der Waals surface area contributed by atoms with Crippen molar-refractivity contribution in [1.82, 2.24) is 4.98 Å². The SMILES string of the molecule is Cc1ccnc2c(OCC(=O)O)cccc12. The molecular weight excluding hydrogens is 206 g/mol. The van der Waals surface area contributed by atoms with Gasteiger partial charge in [-0.25, -0.2) is 4.79 Å². The molecule has 1 N–H and O–H groups in total. The first kappa shape index (κ1) is 10.4. The van der Waals surface area contributed by atoms with Crippen molar-refractivity contribution in [2.45, 2.75) is 6.92 Å². The van der Waals surface area contributed by atoms with E-state index in [1.807, 2.05) is 25.1 Å². The molecule has 0 bridgehead atoms. The van der Waals surface area contributed by atoms with Crippen LogP contribution in [0.15, 0.2) is 30.5 Å². The molecule has 4 nitrogen and oxygen atoms in total. The second-order valence-electron chi connectivity index (χ2n) is 3.46. The molecule has 0 radical (unpaired) electrons. The van der Waals surface area contributed by atoms with Crippen molar-refractivity contribution in [3.8, 4) is 5.75 Å². The lowest BCUT2D eigenvalue weighted by Gasteiger charge is -2.07. The van der Waals surface area contributed by atoms with Gasteiger partial charge >= 0.3 is 5.97 Å². The minimum atomic E-state index is -0.996. The molecule has 0 amide bonds. The molecular formula is C12H11NO3. The Balaban J connectivity index is 2.45. The lowest BCUT2D eigenvalue weighted by Crippen LogP contribution is -2.09. The summed E-state index contributed by atoms with van der Waals surface area (Å²) in [6, 6.07) is 7.39. The second-order valence-corrected chi connectivity index (χ2v) is 3.46. The van der Waals surface area contributed by atoms with Gasteiger partial charge in [-0.1, -0.05) is 12.1 Å². The first-order chi connectivity index (χ1) is 7.68. The van der Waals surface area contributed by atoms with E-state index in [1.165, 1.54) is 0 Å². The molecule has 2 rings (SSSR count). The van der Waals surface area contributed by atoms with Crippen molar-refractivity contribution in [2.75, 3.05) is 6.61 Å². The number of hydrogen-bond donors (Lipinski definition) is 1. The number of pyridine rings is 1. The average Bonchev–Trinajstić information content (AvgIpc) is 2.27. The predicted molar refractivity (Wildman–Crippen MR) is 59.6 cm³/mol. The van der Waals surface area contributed by atoms with Gasteiger partial charge < -0.3 is 9.84 Å². The van der Waals surface area contributed by atoms with E-state index in [2.05, 4.69) is 4.98 Å². The highest BCUT2D eigenvalue weighted by atomic mass is 16.5. The Morgan fingerprint density at radius 3 is 3.00 bits per heavy atom. The van der Waals surface area contributed by atoms with Crippen LogP contribution in [0, 0.1) is 6.92 Å². The van der Waals surface area contributed by atoms with Gasteiger partial charge in [0.2, 0.25) is 0 Å². The smallest absolute Gasteiger partial charge is 0.341 e. The summed E-state index contributed by atoms with van der Waals surface area (Å²) in [5, 5.41) is 9.53. The quantitative estimate of drug-likeness (QED) is 0.854. The van der Waals surface area contributed by atoms with E-state index in [-0.39, 0.29) is 6.61 Å². The van der Waals surface area contributed by atoms with E-state index in [0.717, 1.165) is 10.9 Å². The van der Waals surface area contributed by atoms with Crippen LogP contribution in [0.5, 0.6) is 5.75 Å². The molecule has 0 spiro atoms. The Bertz CT molecular complexity index is 537. The topological polar surface area (TPSA) is 59.4 Å². The summed E-state index contributed by atoms with van der Waals surface area (Å²) in [5.41, 5.74) is 1.79. The molecule has 0 aliphatic carbocycles. The lowest BCUT2D eigenvalue weighted by atomic mass is 10.1. The first-order valence-electron chi connectivity index (χ1n) is 4.87. The zero-order valence-electron chi connectivity index (χ0n) is 8.80. The minimum Gasteiger partial charge on any atom is -0.480 e. The number of carboxylic acids is 1. The molecule has 0 aliphatic heterocycles. The molecule has 1 aromatic heterocycles. The zero-order valence-corrected chi connectivity index (χ0v) is 8.80. The highest BCUT2D eigenvalue weighted by Gasteiger charge is 2.06. The third kappa shape index (κ3) is 1.95. The number of aromatic nitrogens is 1.